The van der Waals surface area contributed by atoms with Crippen LogP contribution in [0.25, 0.3) is 0 Å². The van der Waals surface area contributed by atoms with Gasteiger partial charge in [0.1, 0.15) is 4.88 Å². The number of carbonyl (C=O) groups is 1. The molecule has 0 saturated heterocycles. The van der Waals surface area contributed by atoms with Gasteiger partial charge in [-0.15, -0.1) is 11.3 Å². The van der Waals surface area contributed by atoms with Crippen molar-refractivity contribution in [3.8, 4) is 0 Å². The normalized spacial score (nSPS) is 9.00. The first-order chi connectivity index (χ1) is 4.34. The van der Waals surface area contributed by atoms with E-state index in [2.05, 4.69) is 8.51 Å². The van der Waals surface area contributed by atoms with Crippen molar-refractivity contribution in [1.82, 2.24) is 8.51 Å². The van der Waals surface area contributed by atoms with E-state index in [0.717, 1.165) is 0 Å². The highest BCUT2D eigenvalue weighted by molar-refractivity contribution is 14.1. The average molecular weight is 254 g/mol. The fourth-order valence-electron chi connectivity index (χ4n) is 0.374. The van der Waals surface area contributed by atoms with Crippen molar-refractivity contribution < 1.29 is 4.79 Å². The van der Waals surface area contributed by atoms with Gasteiger partial charge in [0.25, 0.3) is 5.91 Å². The van der Waals surface area contributed by atoms with Gasteiger partial charge in [-0.3, -0.25) is 13.3 Å². The van der Waals surface area contributed by atoms with E-state index in [1.54, 1.807) is 34.6 Å². The van der Waals surface area contributed by atoms with E-state index in [4.69, 9.17) is 0 Å². The number of halogens is 1. The molecule has 0 unspecified atom stereocenters. The molecule has 0 radical (unpaired) electrons. The summed E-state index contributed by atoms with van der Waals surface area (Å²) in [5.74, 6) is -0.0851. The molecule has 0 spiro atoms. The molecule has 5 heteroatoms. The molecule has 9 heavy (non-hydrogen) atoms. The molecule has 0 aliphatic carbocycles. The molecule has 3 nitrogen and oxygen atoms in total. The van der Waals surface area contributed by atoms with Crippen LogP contribution in [0, 0.1) is 0 Å². The zero-order valence-electron chi connectivity index (χ0n) is 4.30. The number of nitrogens with zero attached hydrogens (tertiary/aromatic N) is 1. The highest BCUT2D eigenvalue weighted by atomic mass is 127. The van der Waals surface area contributed by atoms with Gasteiger partial charge in [-0.2, -0.15) is 0 Å². The number of nitrogens with one attached hydrogen (secondary N) is 1. The Balaban J connectivity index is 2.77. The predicted octanol–water partition coefficient (Wildman–Crippen LogP) is 1.22. The summed E-state index contributed by atoms with van der Waals surface area (Å²) < 4.78 is 2.47. The van der Waals surface area contributed by atoms with E-state index >= 15 is 0 Å². The van der Waals surface area contributed by atoms with E-state index < -0.39 is 0 Å². The van der Waals surface area contributed by atoms with Gasteiger partial charge in [0.15, 0.2) is 0 Å². The molecular weight excluding hydrogens is 251 g/mol. The number of carbonyl (C=O) groups excluding carboxylic acids is 1. The Bertz CT molecular complexity index is 198. The molecule has 1 heterocycles. The summed E-state index contributed by atoms with van der Waals surface area (Å²) in [5.41, 5.74) is 1.63. The minimum Gasteiger partial charge on any atom is -0.294 e. The first kappa shape index (κ1) is 6.94. The van der Waals surface area contributed by atoms with Crippen LogP contribution in [0.4, 0.5) is 0 Å². The summed E-state index contributed by atoms with van der Waals surface area (Å²) in [5, 5.41) is 0. The van der Waals surface area contributed by atoms with E-state index in [0.29, 0.717) is 4.88 Å². The Kier molecular flexibility index (Phi) is 2.40. The lowest BCUT2D eigenvalue weighted by Gasteiger charge is -1.87. The van der Waals surface area contributed by atoms with Gasteiger partial charge in [-0.1, -0.05) is 0 Å². The fraction of sp³-hybridized carbons (Fsp3) is 0. The molecule has 1 rings (SSSR count). The maximum Gasteiger partial charge on any atom is 0.271 e. The molecule has 48 valence electrons. The summed E-state index contributed by atoms with van der Waals surface area (Å²) in [7, 11) is 0. The first-order valence-corrected chi connectivity index (χ1v) is 4.10. The smallest absolute Gasteiger partial charge is 0.271 e. The maximum absolute atomic E-state index is 10.7. The predicted molar refractivity (Wildman–Crippen MR) is 43.6 cm³/mol. The third-order valence-corrected chi connectivity index (χ3v) is 2.00. The quantitative estimate of drug-likeness (QED) is 0.604. The van der Waals surface area contributed by atoms with Gasteiger partial charge in [0, 0.05) is 0 Å². The molecule has 0 fully saturated rings. The summed E-state index contributed by atoms with van der Waals surface area (Å²) in [6.45, 7) is 0. The number of thiazole rings is 1. The lowest BCUT2D eigenvalue weighted by atomic mass is 10.5. The minimum atomic E-state index is -0.0851. The zero-order chi connectivity index (χ0) is 6.69. The van der Waals surface area contributed by atoms with Crippen LogP contribution >= 0.6 is 34.2 Å². The molecule has 1 aromatic rings. The largest absolute Gasteiger partial charge is 0.294 e. The minimum absolute atomic E-state index is 0.0851. The Labute approximate surface area is 70.0 Å². The molecule has 0 saturated carbocycles. The van der Waals surface area contributed by atoms with Gasteiger partial charge < -0.3 is 0 Å². The van der Waals surface area contributed by atoms with Crippen LogP contribution in [0.5, 0.6) is 0 Å². The van der Waals surface area contributed by atoms with Crippen molar-refractivity contribution in [2.24, 2.45) is 0 Å². The van der Waals surface area contributed by atoms with Gasteiger partial charge in [-0.25, -0.2) is 0 Å². The van der Waals surface area contributed by atoms with E-state index in [1.165, 1.54) is 11.3 Å². The summed E-state index contributed by atoms with van der Waals surface area (Å²) in [4.78, 5) is 15.1. The lowest BCUT2D eigenvalue weighted by Crippen LogP contribution is -2.09. The van der Waals surface area contributed by atoms with Gasteiger partial charge >= 0.3 is 0 Å². The Morgan fingerprint density at radius 3 is 3.11 bits per heavy atom. The molecule has 1 amide bonds. The average Bonchev–Trinajstić information content (AvgIpc) is 2.37. The standard InChI is InChI=1S/C4H3IN2OS/c5-7-4(8)3-1-6-2-9-3/h1-2H,(H,7,8). The SMILES string of the molecule is O=C(NI)c1cncs1. The topological polar surface area (TPSA) is 42.0 Å². The number of rotatable bonds is 1. The van der Waals surface area contributed by atoms with Crippen molar-refractivity contribution in [3.05, 3.63) is 16.6 Å². The van der Waals surface area contributed by atoms with E-state index in [9.17, 15) is 4.79 Å². The summed E-state index contributed by atoms with van der Waals surface area (Å²) >= 11 is 3.12. The molecule has 0 aliphatic rings. The number of aromatic nitrogens is 1. The molecule has 0 bridgehead atoms. The third kappa shape index (κ3) is 1.62. The van der Waals surface area contributed by atoms with Crippen LogP contribution in [0.3, 0.4) is 0 Å². The Hall–Kier alpha value is -0.170. The monoisotopic (exact) mass is 254 g/mol. The summed E-state index contributed by atoms with van der Waals surface area (Å²) in [6.07, 6.45) is 1.54. The molecule has 0 aliphatic heterocycles. The van der Waals surface area contributed by atoms with E-state index in [-0.39, 0.29) is 5.91 Å². The Morgan fingerprint density at radius 2 is 2.67 bits per heavy atom. The molecular formula is C4H3IN2OS. The van der Waals surface area contributed by atoms with Crippen molar-refractivity contribution in [1.29, 1.82) is 0 Å². The highest BCUT2D eigenvalue weighted by Crippen LogP contribution is 2.04. The fourth-order valence-corrected chi connectivity index (χ4v) is 1.36. The lowest BCUT2D eigenvalue weighted by molar-refractivity contribution is 0.0993. The van der Waals surface area contributed by atoms with Crippen molar-refractivity contribution in [2.45, 2.75) is 0 Å². The third-order valence-electron chi connectivity index (χ3n) is 0.742. The maximum atomic E-state index is 10.7. The number of hydrogen-bond acceptors (Lipinski definition) is 3. The Morgan fingerprint density at radius 1 is 1.89 bits per heavy atom. The second-order valence-corrected chi connectivity index (χ2v) is 2.72. The molecule has 1 N–H and O–H groups in total. The molecule has 0 atom stereocenters. The first-order valence-electron chi connectivity index (χ1n) is 2.14. The van der Waals surface area contributed by atoms with Crippen LogP contribution in [0.1, 0.15) is 9.67 Å². The van der Waals surface area contributed by atoms with Gasteiger partial charge in [0.05, 0.1) is 34.6 Å². The second kappa shape index (κ2) is 3.11. The molecule has 0 aromatic carbocycles. The molecule has 1 aromatic heterocycles. The van der Waals surface area contributed by atoms with Gasteiger partial charge in [0.2, 0.25) is 0 Å². The van der Waals surface area contributed by atoms with E-state index in [1.807, 2.05) is 0 Å². The van der Waals surface area contributed by atoms with Crippen LogP contribution in [0.2, 0.25) is 0 Å². The zero-order valence-corrected chi connectivity index (χ0v) is 7.27. The van der Waals surface area contributed by atoms with Crippen molar-refractivity contribution in [3.63, 3.8) is 0 Å². The van der Waals surface area contributed by atoms with Crippen LogP contribution in [0.15, 0.2) is 11.7 Å². The second-order valence-electron chi connectivity index (χ2n) is 1.29. The summed E-state index contributed by atoms with van der Waals surface area (Å²) in [6, 6.07) is 0. The number of hydrogen-bond donors (Lipinski definition) is 1. The van der Waals surface area contributed by atoms with Crippen LogP contribution in [-0.2, 0) is 0 Å². The highest BCUT2D eigenvalue weighted by Gasteiger charge is 2.02. The van der Waals surface area contributed by atoms with Crippen molar-refractivity contribution in [2.75, 3.05) is 0 Å². The van der Waals surface area contributed by atoms with Gasteiger partial charge in [-0.05, 0) is 0 Å². The van der Waals surface area contributed by atoms with Crippen molar-refractivity contribution >= 4 is 40.1 Å². The van der Waals surface area contributed by atoms with Crippen LogP contribution in [-0.4, -0.2) is 10.9 Å². The number of amides is 1. The van der Waals surface area contributed by atoms with Crippen LogP contribution < -0.4 is 3.53 Å².